The molecule has 0 amide bonds. The number of methoxy groups -OCH3 is 1. The van der Waals surface area contributed by atoms with Crippen LogP contribution in [0.2, 0.25) is 5.02 Å². The van der Waals surface area contributed by atoms with Gasteiger partial charge in [-0.1, -0.05) is 43.5 Å². The lowest BCUT2D eigenvalue weighted by Crippen LogP contribution is -1.98. The van der Waals surface area contributed by atoms with E-state index in [1.807, 2.05) is 24.3 Å². The van der Waals surface area contributed by atoms with E-state index in [1.54, 1.807) is 19.5 Å². The molecule has 100 valence electrons. The highest BCUT2D eigenvalue weighted by molar-refractivity contribution is 9.11. The summed E-state index contributed by atoms with van der Waals surface area (Å²) >= 11 is 13.4. The smallest absolute Gasteiger partial charge is 0.119 e. The first-order chi connectivity index (χ1) is 9.11. The number of alkyl halides is 1. The van der Waals surface area contributed by atoms with Crippen molar-refractivity contribution in [3.05, 3.63) is 57.3 Å². The number of halogens is 3. The van der Waals surface area contributed by atoms with Crippen molar-refractivity contribution in [3.63, 3.8) is 0 Å². The molecule has 1 aromatic carbocycles. The fraction of sp³-hybridized carbons (Fsp3) is 0.214. The zero-order valence-electron chi connectivity index (χ0n) is 10.2. The Bertz CT molecular complexity index is 577. The fourth-order valence-corrected chi connectivity index (χ4v) is 3.52. The summed E-state index contributed by atoms with van der Waals surface area (Å²) in [4.78, 5) is 4.14. The molecule has 19 heavy (non-hydrogen) atoms. The number of hydrogen-bond acceptors (Lipinski definition) is 2. The average Bonchev–Trinajstić information content (AvgIpc) is 2.42. The maximum Gasteiger partial charge on any atom is 0.119 e. The van der Waals surface area contributed by atoms with Gasteiger partial charge in [0.2, 0.25) is 0 Å². The van der Waals surface area contributed by atoms with Crippen molar-refractivity contribution in [3.8, 4) is 5.75 Å². The maximum absolute atomic E-state index is 6.13. The predicted molar refractivity (Wildman–Crippen MR) is 85.3 cm³/mol. The van der Waals surface area contributed by atoms with E-state index in [4.69, 9.17) is 16.3 Å². The van der Waals surface area contributed by atoms with Gasteiger partial charge in [0.1, 0.15) is 5.75 Å². The van der Waals surface area contributed by atoms with E-state index < -0.39 is 0 Å². The van der Waals surface area contributed by atoms with E-state index in [0.29, 0.717) is 5.02 Å². The SMILES string of the molecule is COc1ccc(Br)c(C(Br)Cc2ccncc2Cl)c1. The van der Waals surface area contributed by atoms with E-state index >= 15 is 0 Å². The van der Waals surface area contributed by atoms with Crippen LogP contribution < -0.4 is 4.74 Å². The van der Waals surface area contributed by atoms with Crippen LogP contribution in [-0.2, 0) is 6.42 Å². The molecule has 1 aromatic heterocycles. The Balaban J connectivity index is 2.25. The summed E-state index contributed by atoms with van der Waals surface area (Å²) in [5, 5.41) is 0.686. The van der Waals surface area contributed by atoms with Crippen LogP contribution in [0.1, 0.15) is 16.0 Å². The zero-order valence-corrected chi connectivity index (χ0v) is 14.2. The van der Waals surface area contributed by atoms with Crippen LogP contribution in [0.3, 0.4) is 0 Å². The Labute approximate surface area is 134 Å². The second kappa shape index (κ2) is 6.73. The Morgan fingerprint density at radius 2 is 2.16 bits per heavy atom. The first kappa shape index (κ1) is 14.8. The molecule has 0 saturated heterocycles. The molecule has 0 N–H and O–H groups in total. The van der Waals surface area contributed by atoms with E-state index in [1.165, 1.54) is 0 Å². The molecule has 1 atom stereocenters. The van der Waals surface area contributed by atoms with E-state index in [9.17, 15) is 0 Å². The number of ether oxygens (including phenoxy) is 1. The van der Waals surface area contributed by atoms with Gasteiger partial charge in [-0.25, -0.2) is 0 Å². The van der Waals surface area contributed by atoms with Crippen LogP contribution in [0.15, 0.2) is 41.1 Å². The summed E-state index contributed by atoms with van der Waals surface area (Å²) in [5.74, 6) is 0.837. The molecule has 0 aliphatic rings. The number of hydrogen-bond donors (Lipinski definition) is 0. The monoisotopic (exact) mass is 403 g/mol. The largest absolute Gasteiger partial charge is 0.497 e. The Morgan fingerprint density at radius 1 is 1.37 bits per heavy atom. The summed E-state index contributed by atoms with van der Waals surface area (Å²) in [6, 6.07) is 7.85. The van der Waals surface area contributed by atoms with Crippen LogP contribution >= 0.6 is 43.5 Å². The van der Waals surface area contributed by atoms with Crippen molar-refractivity contribution >= 4 is 43.5 Å². The molecule has 0 spiro atoms. The summed E-state index contributed by atoms with van der Waals surface area (Å²) in [6.45, 7) is 0. The van der Waals surface area contributed by atoms with Crippen molar-refractivity contribution < 1.29 is 4.74 Å². The van der Waals surface area contributed by atoms with Gasteiger partial charge < -0.3 is 4.74 Å². The van der Waals surface area contributed by atoms with Crippen molar-refractivity contribution in [2.45, 2.75) is 11.2 Å². The van der Waals surface area contributed by atoms with Gasteiger partial charge in [-0.05, 0) is 41.8 Å². The van der Waals surface area contributed by atoms with Crippen LogP contribution in [0.4, 0.5) is 0 Å². The number of rotatable bonds is 4. The van der Waals surface area contributed by atoms with Crippen LogP contribution in [0.5, 0.6) is 5.75 Å². The van der Waals surface area contributed by atoms with Gasteiger partial charge in [-0.3, -0.25) is 4.98 Å². The lowest BCUT2D eigenvalue weighted by Gasteiger charge is -2.14. The van der Waals surface area contributed by atoms with Crippen LogP contribution in [0, 0.1) is 0 Å². The highest BCUT2D eigenvalue weighted by Gasteiger charge is 2.14. The highest BCUT2D eigenvalue weighted by Crippen LogP contribution is 2.35. The average molecular weight is 406 g/mol. The summed E-state index contributed by atoms with van der Waals surface area (Å²) in [6.07, 6.45) is 4.20. The quantitative estimate of drug-likeness (QED) is 0.654. The first-order valence-electron chi connectivity index (χ1n) is 5.67. The molecule has 0 saturated carbocycles. The Morgan fingerprint density at radius 3 is 2.84 bits per heavy atom. The third-order valence-electron chi connectivity index (χ3n) is 2.80. The number of pyridine rings is 1. The van der Waals surface area contributed by atoms with Crippen LogP contribution in [-0.4, -0.2) is 12.1 Å². The molecule has 0 radical (unpaired) electrons. The predicted octanol–water partition coefficient (Wildman–Crippen LogP) is 5.18. The first-order valence-corrected chi connectivity index (χ1v) is 7.76. The standard InChI is InChI=1S/C14H12Br2ClNO/c1-19-10-2-3-12(15)11(7-10)13(16)6-9-4-5-18-8-14(9)17/h2-5,7-8,13H,6H2,1H3. The minimum atomic E-state index is 0.150. The second-order valence-corrected chi connectivity index (χ2v) is 6.39. The lowest BCUT2D eigenvalue weighted by atomic mass is 10.0. The van der Waals surface area contributed by atoms with Gasteiger partial charge in [0.15, 0.2) is 0 Å². The van der Waals surface area contributed by atoms with E-state index in [2.05, 4.69) is 36.8 Å². The van der Waals surface area contributed by atoms with Gasteiger partial charge in [0.25, 0.3) is 0 Å². The third-order valence-corrected chi connectivity index (χ3v) is 4.68. The number of benzene rings is 1. The molecule has 2 nitrogen and oxygen atoms in total. The van der Waals surface area contributed by atoms with Crippen molar-refractivity contribution in [1.82, 2.24) is 4.98 Å². The summed E-state index contributed by atoms with van der Waals surface area (Å²) in [5.41, 5.74) is 2.19. The minimum absolute atomic E-state index is 0.150. The van der Waals surface area contributed by atoms with Gasteiger partial charge in [0.05, 0.1) is 12.1 Å². The normalized spacial score (nSPS) is 12.2. The lowest BCUT2D eigenvalue weighted by molar-refractivity contribution is 0.414. The molecule has 0 aliphatic carbocycles. The summed E-state index contributed by atoms with van der Waals surface area (Å²) < 4.78 is 6.30. The molecule has 5 heteroatoms. The van der Waals surface area contributed by atoms with Gasteiger partial charge in [-0.2, -0.15) is 0 Å². The zero-order chi connectivity index (χ0) is 13.8. The molecule has 2 rings (SSSR count). The third kappa shape index (κ3) is 3.71. The number of nitrogens with zero attached hydrogens (tertiary/aromatic N) is 1. The van der Waals surface area contributed by atoms with E-state index in [-0.39, 0.29) is 4.83 Å². The molecule has 2 aromatic rings. The summed E-state index contributed by atoms with van der Waals surface area (Å²) in [7, 11) is 1.66. The molecule has 0 bridgehead atoms. The van der Waals surface area contributed by atoms with Gasteiger partial charge in [-0.15, -0.1) is 0 Å². The van der Waals surface area contributed by atoms with Crippen molar-refractivity contribution in [1.29, 1.82) is 0 Å². The van der Waals surface area contributed by atoms with Gasteiger partial charge >= 0.3 is 0 Å². The molecular weight excluding hydrogens is 393 g/mol. The van der Waals surface area contributed by atoms with Gasteiger partial charge in [0, 0.05) is 21.7 Å². The molecule has 0 fully saturated rings. The van der Waals surface area contributed by atoms with E-state index in [0.717, 1.165) is 27.8 Å². The fourth-order valence-electron chi connectivity index (χ4n) is 1.76. The van der Waals surface area contributed by atoms with Crippen molar-refractivity contribution in [2.24, 2.45) is 0 Å². The highest BCUT2D eigenvalue weighted by atomic mass is 79.9. The topological polar surface area (TPSA) is 22.1 Å². The minimum Gasteiger partial charge on any atom is -0.497 e. The Kier molecular flexibility index (Phi) is 5.25. The number of aromatic nitrogens is 1. The Hall–Kier alpha value is -0.580. The molecular formula is C14H12Br2ClNO. The van der Waals surface area contributed by atoms with Crippen molar-refractivity contribution in [2.75, 3.05) is 7.11 Å². The molecule has 1 heterocycles. The van der Waals surface area contributed by atoms with Crippen LogP contribution in [0.25, 0.3) is 0 Å². The molecule has 1 unspecified atom stereocenters. The molecule has 0 aliphatic heterocycles. The maximum atomic E-state index is 6.13. The second-order valence-electron chi connectivity index (χ2n) is 4.03.